The Morgan fingerprint density at radius 2 is 2.13 bits per heavy atom. The Balaban J connectivity index is 1.86. The molecule has 2 aromatic heterocycles. The Morgan fingerprint density at radius 1 is 1.35 bits per heavy atom. The molecule has 0 saturated heterocycles. The quantitative estimate of drug-likeness (QED) is 0.620. The van der Waals surface area contributed by atoms with E-state index in [4.69, 9.17) is 11.6 Å². The second kappa shape index (κ2) is 6.36. The van der Waals surface area contributed by atoms with E-state index in [1.807, 2.05) is 4.72 Å². The third-order valence-electron chi connectivity index (χ3n) is 2.73. The average Bonchev–Trinajstić information content (AvgIpc) is 3.05. The minimum Gasteiger partial charge on any atom is -0.283 e. The number of nitrogens with one attached hydrogen (secondary N) is 2. The average molecular weight is 453 g/mol. The Labute approximate surface area is 152 Å². The zero-order chi connectivity index (χ0) is 16.6. The molecule has 2 N–H and O–H groups in total. The lowest BCUT2D eigenvalue weighted by molar-refractivity contribution is 0.256. The van der Waals surface area contributed by atoms with Gasteiger partial charge in [0.1, 0.15) is 4.90 Å². The first-order valence-electron chi connectivity index (χ1n) is 5.97. The third kappa shape index (κ3) is 3.50. The fourth-order valence-electron chi connectivity index (χ4n) is 1.82. The minimum absolute atomic E-state index is 0.00969. The van der Waals surface area contributed by atoms with E-state index in [-0.39, 0.29) is 10.0 Å². The largest absolute Gasteiger partial charge is 0.334 e. The van der Waals surface area contributed by atoms with Gasteiger partial charge in [0.05, 0.1) is 19.7 Å². The summed E-state index contributed by atoms with van der Waals surface area (Å²) >= 11 is 11.6. The van der Waals surface area contributed by atoms with Gasteiger partial charge in [0.15, 0.2) is 5.13 Å². The lowest BCUT2D eigenvalue weighted by Gasteiger charge is -2.06. The molecule has 23 heavy (non-hydrogen) atoms. The molecule has 0 aliphatic carbocycles. The molecule has 11 heteroatoms. The van der Waals surface area contributed by atoms with Crippen molar-refractivity contribution in [1.29, 1.82) is 0 Å². The van der Waals surface area contributed by atoms with Gasteiger partial charge in [-0.1, -0.05) is 35.1 Å². The maximum atomic E-state index is 12.4. The fraction of sp³-hybridized carbons (Fsp3) is 0. The van der Waals surface area contributed by atoms with Gasteiger partial charge in [-0.3, -0.25) is 5.32 Å². The monoisotopic (exact) mass is 451 g/mol. The molecule has 3 aromatic rings. The molecule has 0 radical (unpaired) electrons. The molecule has 0 atom stereocenters. The van der Waals surface area contributed by atoms with Crippen LogP contribution in [0.4, 0.5) is 9.93 Å². The number of benzene rings is 1. The van der Waals surface area contributed by atoms with Crippen LogP contribution in [0.3, 0.4) is 0 Å². The molecule has 3 rings (SSSR count). The number of fused-ring (bicyclic) bond motifs is 1. The van der Waals surface area contributed by atoms with Crippen molar-refractivity contribution in [3.8, 4) is 0 Å². The molecule has 0 fully saturated rings. The Kier molecular flexibility index (Phi) is 4.61. The number of anilines is 1. The topological polar surface area (TPSA) is 88.2 Å². The number of hydrogen-bond acceptors (Lipinski definition) is 6. The van der Waals surface area contributed by atoms with E-state index < -0.39 is 16.1 Å². The molecule has 120 valence electrons. The predicted octanol–water partition coefficient (Wildman–Crippen LogP) is 4.28. The molecule has 0 unspecified atom stereocenters. The molecule has 0 spiro atoms. The molecular formula is C12H7BrClN3O3S3. The number of sulfonamides is 1. The summed E-state index contributed by atoms with van der Waals surface area (Å²) in [6.07, 6.45) is 1.50. The van der Waals surface area contributed by atoms with Gasteiger partial charge in [0.25, 0.3) is 10.0 Å². The Hall–Kier alpha value is -1.20. The van der Waals surface area contributed by atoms with Gasteiger partial charge in [-0.25, -0.2) is 22.9 Å². The number of rotatable bonds is 3. The molecule has 0 aliphatic rings. The highest BCUT2D eigenvalue weighted by Gasteiger charge is 2.22. The lowest BCUT2D eigenvalue weighted by atomic mass is 10.3. The van der Waals surface area contributed by atoms with Crippen LogP contribution >= 0.6 is 50.2 Å². The van der Waals surface area contributed by atoms with Gasteiger partial charge in [-0.2, -0.15) is 0 Å². The molecule has 2 amide bonds. The van der Waals surface area contributed by atoms with Crippen molar-refractivity contribution < 1.29 is 13.2 Å². The van der Waals surface area contributed by atoms with Crippen molar-refractivity contribution >= 4 is 81.5 Å². The van der Waals surface area contributed by atoms with Gasteiger partial charge in [-0.05, 0) is 22.0 Å². The summed E-state index contributed by atoms with van der Waals surface area (Å²) in [5.74, 6) is 0. The molecule has 6 nitrogen and oxygen atoms in total. The van der Waals surface area contributed by atoms with Crippen LogP contribution in [0.25, 0.3) is 10.1 Å². The summed E-state index contributed by atoms with van der Waals surface area (Å²) in [4.78, 5) is 15.8. The molecule has 0 bridgehead atoms. The molecular weight excluding hydrogens is 446 g/mol. The van der Waals surface area contributed by atoms with Crippen LogP contribution in [0.15, 0.2) is 38.5 Å². The first-order valence-corrected chi connectivity index (χ1v) is 10.3. The van der Waals surface area contributed by atoms with Gasteiger partial charge in [0, 0.05) is 10.8 Å². The number of urea groups is 1. The maximum absolute atomic E-state index is 12.4. The second-order valence-electron chi connectivity index (χ2n) is 4.25. The van der Waals surface area contributed by atoms with Crippen LogP contribution in [0, 0.1) is 0 Å². The van der Waals surface area contributed by atoms with Crippen LogP contribution < -0.4 is 10.0 Å². The molecule has 1 aromatic carbocycles. The number of carbonyl (C=O) groups is 1. The number of hydrogen-bond donors (Lipinski definition) is 2. The summed E-state index contributed by atoms with van der Waals surface area (Å²) in [7, 11) is -4.02. The zero-order valence-electron chi connectivity index (χ0n) is 11.0. The lowest BCUT2D eigenvalue weighted by Crippen LogP contribution is -2.34. The van der Waals surface area contributed by atoms with Gasteiger partial charge < -0.3 is 0 Å². The standard InChI is InChI=1S/C12H7BrClN3O3S3/c13-9-4-15-12(22-9)16-11(18)17-23(19,20)8-5-21-10-6(8)2-1-3-7(10)14/h1-5H,(H2,15,16,17,18). The highest BCUT2D eigenvalue weighted by atomic mass is 79.9. The Bertz CT molecular complexity index is 999. The Morgan fingerprint density at radius 3 is 2.83 bits per heavy atom. The van der Waals surface area contributed by atoms with Crippen LogP contribution in [0.2, 0.25) is 5.02 Å². The first-order chi connectivity index (χ1) is 10.9. The van der Waals surface area contributed by atoms with Crippen LogP contribution in [-0.2, 0) is 10.0 Å². The van der Waals surface area contributed by atoms with Crippen molar-refractivity contribution in [2.45, 2.75) is 4.90 Å². The van der Waals surface area contributed by atoms with Crippen molar-refractivity contribution in [2.24, 2.45) is 0 Å². The number of thiazole rings is 1. The summed E-state index contributed by atoms with van der Waals surface area (Å²) in [6, 6.07) is 4.09. The first kappa shape index (κ1) is 16.7. The summed E-state index contributed by atoms with van der Waals surface area (Å²) in [6.45, 7) is 0. The number of amides is 2. The number of nitrogens with zero attached hydrogens (tertiary/aromatic N) is 1. The SMILES string of the molecule is O=C(Nc1ncc(Br)s1)NS(=O)(=O)c1csc2c(Cl)cccc12. The molecule has 0 saturated carbocycles. The maximum Gasteiger partial charge on any atom is 0.334 e. The summed E-state index contributed by atoms with van der Waals surface area (Å²) in [5, 5.41) is 5.03. The highest BCUT2D eigenvalue weighted by molar-refractivity contribution is 9.11. The number of carbonyl (C=O) groups excluding carboxylic acids is 1. The number of thiophene rings is 1. The van der Waals surface area contributed by atoms with E-state index >= 15 is 0 Å². The minimum atomic E-state index is -4.02. The van der Waals surface area contributed by atoms with Crippen molar-refractivity contribution in [1.82, 2.24) is 9.71 Å². The predicted molar refractivity (Wildman–Crippen MR) is 96.0 cm³/mol. The number of aromatic nitrogens is 1. The van der Waals surface area contributed by atoms with Crippen LogP contribution in [0.1, 0.15) is 0 Å². The zero-order valence-corrected chi connectivity index (χ0v) is 15.8. The van der Waals surface area contributed by atoms with E-state index in [9.17, 15) is 13.2 Å². The number of halogens is 2. The van der Waals surface area contributed by atoms with E-state index in [0.717, 1.165) is 0 Å². The van der Waals surface area contributed by atoms with Gasteiger partial charge in [0.2, 0.25) is 0 Å². The normalized spacial score (nSPS) is 11.6. The van der Waals surface area contributed by atoms with E-state index in [2.05, 4.69) is 26.2 Å². The van der Waals surface area contributed by atoms with Crippen LogP contribution in [-0.4, -0.2) is 19.4 Å². The van der Waals surface area contributed by atoms with E-state index in [1.54, 1.807) is 18.2 Å². The molecule has 2 heterocycles. The summed E-state index contributed by atoms with van der Waals surface area (Å²) < 4.78 is 28.1. The van der Waals surface area contributed by atoms with Gasteiger partial charge in [-0.15, -0.1) is 11.3 Å². The fourth-order valence-corrected chi connectivity index (χ4v) is 5.65. The highest BCUT2D eigenvalue weighted by Crippen LogP contribution is 2.34. The summed E-state index contributed by atoms with van der Waals surface area (Å²) in [5.41, 5.74) is 0. The van der Waals surface area contributed by atoms with Crippen LogP contribution in [0.5, 0.6) is 0 Å². The smallest absolute Gasteiger partial charge is 0.283 e. The second-order valence-corrected chi connectivity index (χ2v) is 9.59. The van der Waals surface area contributed by atoms with E-state index in [0.29, 0.717) is 18.9 Å². The van der Waals surface area contributed by atoms with Crippen molar-refractivity contribution in [3.05, 3.63) is 38.6 Å². The van der Waals surface area contributed by atoms with Gasteiger partial charge >= 0.3 is 6.03 Å². The van der Waals surface area contributed by atoms with Crippen molar-refractivity contribution in [2.75, 3.05) is 5.32 Å². The van der Waals surface area contributed by atoms with E-state index in [1.165, 1.54) is 34.3 Å². The molecule has 0 aliphatic heterocycles. The van der Waals surface area contributed by atoms with Crippen molar-refractivity contribution in [3.63, 3.8) is 0 Å². The third-order valence-corrected chi connectivity index (χ3v) is 7.10.